The Morgan fingerprint density at radius 2 is 2.11 bits per heavy atom. The van der Waals surface area contributed by atoms with E-state index in [1.807, 2.05) is 4.90 Å². The van der Waals surface area contributed by atoms with Gasteiger partial charge in [-0.15, -0.1) is 0 Å². The number of carbonyl (C=O) groups excluding carboxylic acids is 2. The van der Waals surface area contributed by atoms with Crippen molar-refractivity contribution in [3.8, 4) is 0 Å². The van der Waals surface area contributed by atoms with Crippen LogP contribution < -0.4 is 4.90 Å². The molecule has 3 heterocycles. The SMILES string of the molecule is CCN1C(=O)[C@@]2(Cc3cc([N+](=O)[O-])ccc3N3CCOC[C@H]32)C(=O)N(C)C1=S. The first-order valence-electron chi connectivity index (χ1n) is 9.08. The van der Waals surface area contributed by atoms with Crippen LogP contribution in [0.5, 0.6) is 0 Å². The Bertz CT molecular complexity index is 906. The van der Waals surface area contributed by atoms with Crippen molar-refractivity contribution in [2.45, 2.75) is 19.4 Å². The number of rotatable bonds is 2. The lowest BCUT2D eigenvalue weighted by Crippen LogP contribution is -2.73. The first-order chi connectivity index (χ1) is 13.3. The zero-order valence-electron chi connectivity index (χ0n) is 15.6. The van der Waals surface area contributed by atoms with E-state index < -0.39 is 16.4 Å². The Morgan fingerprint density at radius 3 is 2.79 bits per heavy atom. The van der Waals surface area contributed by atoms with E-state index in [2.05, 4.69) is 0 Å². The van der Waals surface area contributed by atoms with Crippen molar-refractivity contribution in [3.05, 3.63) is 33.9 Å². The summed E-state index contributed by atoms with van der Waals surface area (Å²) in [4.78, 5) is 42.6. The van der Waals surface area contributed by atoms with Gasteiger partial charge in [0.05, 0.1) is 24.2 Å². The molecule has 148 valence electrons. The molecule has 9 nitrogen and oxygen atoms in total. The number of carbonyl (C=O) groups is 2. The molecule has 3 aliphatic heterocycles. The third-order valence-electron chi connectivity index (χ3n) is 5.90. The number of amides is 2. The molecule has 1 aromatic carbocycles. The van der Waals surface area contributed by atoms with Crippen molar-refractivity contribution in [1.82, 2.24) is 9.80 Å². The number of ether oxygens (including phenoxy) is 1. The van der Waals surface area contributed by atoms with Crippen molar-refractivity contribution < 1.29 is 19.2 Å². The van der Waals surface area contributed by atoms with Crippen LogP contribution in [0.1, 0.15) is 12.5 Å². The minimum Gasteiger partial charge on any atom is -0.377 e. The number of fused-ring (bicyclic) bond motifs is 4. The van der Waals surface area contributed by atoms with Gasteiger partial charge in [0.25, 0.3) is 5.69 Å². The number of anilines is 1. The molecule has 0 N–H and O–H groups in total. The molecule has 28 heavy (non-hydrogen) atoms. The molecule has 0 saturated carbocycles. The van der Waals surface area contributed by atoms with E-state index >= 15 is 0 Å². The number of thiocarbonyl (C=S) groups is 1. The van der Waals surface area contributed by atoms with Crippen LogP contribution in [0.25, 0.3) is 0 Å². The molecule has 4 rings (SSSR count). The highest BCUT2D eigenvalue weighted by Gasteiger charge is 2.63. The fourth-order valence-corrected chi connectivity index (χ4v) is 4.82. The van der Waals surface area contributed by atoms with Crippen molar-refractivity contribution >= 4 is 40.5 Å². The number of nitro groups is 1. The van der Waals surface area contributed by atoms with Gasteiger partial charge in [0.15, 0.2) is 10.5 Å². The van der Waals surface area contributed by atoms with Crippen LogP contribution >= 0.6 is 12.2 Å². The maximum Gasteiger partial charge on any atom is 0.269 e. The normalized spacial score (nSPS) is 27.1. The predicted octanol–water partition coefficient (Wildman–Crippen LogP) is 0.948. The number of hydrogen-bond donors (Lipinski definition) is 0. The van der Waals surface area contributed by atoms with Gasteiger partial charge >= 0.3 is 0 Å². The van der Waals surface area contributed by atoms with E-state index in [1.54, 1.807) is 20.0 Å². The van der Waals surface area contributed by atoms with Gasteiger partial charge in [-0.3, -0.25) is 29.5 Å². The quantitative estimate of drug-likeness (QED) is 0.313. The third kappa shape index (κ3) is 2.37. The molecule has 10 heteroatoms. The van der Waals surface area contributed by atoms with E-state index in [4.69, 9.17) is 17.0 Å². The van der Waals surface area contributed by atoms with Crippen LogP contribution in [0.3, 0.4) is 0 Å². The lowest BCUT2D eigenvalue weighted by atomic mass is 9.68. The average Bonchev–Trinajstić information content (AvgIpc) is 2.70. The van der Waals surface area contributed by atoms with Crippen LogP contribution in [-0.2, 0) is 20.7 Å². The van der Waals surface area contributed by atoms with Crippen LogP contribution in [0.4, 0.5) is 11.4 Å². The Hall–Kier alpha value is -2.59. The van der Waals surface area contributed by atoms with E-state index in [9.17, 15) is 19.7 Å². The van der Waals surface area contributed by atoms with Gasteiger partial charge in [0, 0.05) is 44.4 Å². The summed E-state index contributed by atoms with van der Waals surface area (Å²) in [5, 5.41) is 11.4. The molecule has 3 aliphatic rings. The zero-order chi connectivity index (χ0) is 20.2. The fraction of sp³-hybridized carbons (Fsp3) is 0.500. The molecular formula is C18H20N4O5S. The largest absolute Gasteiger partial charge is 0.377 e. The molecule has 1 aromatic rings. The smallest absolute Gasteiger partial charge is 0.269 e. The number of morpholine rings is 1. The molecule has 2 fully saturated rings. The first-order valence-corrected chi connectivity index (χ1v) is 9.49. The molecule has 1 spiro atoms. The maximum absolute atomic E-state index is 13.6. The predicted molar refractivity (Wildman–Crippen MR) is 104 cm³/mol. The summed E-state index contributed by atoms with van der Waals surface area (Å²) in [6.45, 7) is 3.33. The second kappa shape index (κ2) is 6.49. The lowest BCUT2D eigenvalue weighted by Gasteiger charge is -2.55. The Morgan fingerprint density at radius 1 is 1.36 bits per heavy atom. The van der Waals surface area contributed by atoms with Gasteiger partial charge in [-0.1, -0.05) is 0 Å². The van der Waals surface area contributed by atoms with Gasteiger partial charge in [-0.25, -0.2) is 0 Å². The average molecular weight is 404 g/mol. The van der Waals surface area contributed by atoms with Gasteiger partial charge in [-0.2, -0.15) is 0 Å². The van der Waals surface area contributed by atoms with E-state index in [0.29, 0.717) is 25.3 Å². The van der Waals surface area contributed by atoms with Crippen molar-refractivity contribution in [2.24, 2.45) is 5.41 Å². The minimum atomic E-state index is -1.42. The Labute approximate surface area is 167 Å². The highest BCUT2D eigenvalue weighted by molar-refractivity contribution is 7.80. The molecule has 2 amide bonds. The van der Waals surface area contributed by atoms with Crippen LogP contribution in [0, 0.1) is 15.5 Å². The second-order valence-electron chi connectivity index (χ2n) is 7.20. The van der Waals surface area contributed by atoms with Crippen LogP contribution in [0.2, 0.25) is 0 Å². The van der Waals surface area contributed by atoms with Crippen molar-refractivity contribution in [1.29, 1.82) is 0 Å². The topological polar surface area (TPSA) is 96.2 Å². The summed E-state index contributed by atoms with van der Waals surface area (Å²) in [5.74, 6) is -0.745. The van der Waals surface area contributed by atoms with E-state index in [0.717, 1.165) is 5.69 Å². The van der Waals surface area contributed by atoms with Crippen LogP contribution in [0.15, 0.2) is 18.2 Å². The second-order valence-corrected chi connectivity index (χ2v) is 7.56. The molecule has 0 aromatic heterocycles. The Kier molecular flexibility index (Phi) is 4.35. The lowest BCUT2D eigenvalue weighted by molar-refractivity contribution is -0.384. The number of non-ortho nitro benzene ring substituents is 1. The molecule has 2 atom stereocenters. The number of nitrogens with zero attached hydrogens (tertiary/aromatic N) is 4. The molecule has 2 saturated heterocycles. The molecule has 0 aliphatic carbocycles. The van der Waals surface area contributed by atoms with Gasteiger partial charge < -0.3 is 9.64 Å². The summed E-state index contributed by atoms with van der Waals surface area (Å²) < 4.78 is 5.65. The summed E-state index contributed by atoms with van der Waals surface area (Å²) in [5.41, 5.74) is -0.0572. The van der Waals surface area contributed by atoms with Crippen molar-refractivity contribution in [2.75, 3.05) is 38.3 Å². The Balaban J connectivity index is 1.92. The van der Waals surface area contributed by atoms with Crippen LogP contribution in [-0.4, -0.2) is 71.0 Å². The number of nitro benzene ring substituents is 1. The number of benzene rings is 1. The van der Waals surface area contributed by atoms with Gasteiger partial charge in [0.1, 0.15) is 0 Å². The zero-order valence-corrected chi connectivity index (χ0v) is 16.4. The highest BCUT2D eigenvalue weighted by Crippen LogP contribution is 2.47. The highest BCUT2D eigenvalue weighted by atomic mass is 32.1. The fourth-order valence-electron chi connectivity index (χ4n) is 4.53. The van der Waals surface area contributed by atoms with Gasteiger partial charge in [0.2, 0.25) is 11.8 Å². The summed E-state index contributed by atoms with van der Waals surface area (Å²) >= 11 is 5.31. The molecular weight excluding hydrogens is 384 g/mol. The van der Waals surface area contributed by atoms with Crippen molar-refractivity contribution in [3.63, 3.8) is 0 Å². The first kappa shape index (κ1) is 18.8. The van der Waals surface area contributed by atoms with Gasteiger partial charge in [-0.05, 0) is 30.8 Å². The summed E-state index contributed by atoms with van der Waals surface area (Å²) in [7, 11) is 1.57. The maximum atomic E-state index is 13.6. The molecule has 0 unspecified atom stereocenters. The monoisotopic (exact) mass is 404 g/mol. The summed E-state index contributed by atoms with van der Waals surface area (Å²) in [6, 6.07) is 4.12. The standard InChI is InChI=1S/C18H20N4O5S/c1-3-20-16(24)18(15(23)19(2)17(20)28)9-11-8-12(22(25)26)4-5-13(11)21-6-7-27-10-14(18)21/h4-5,8,14H,3,6-7,9-10H2,1-2H3/t14-,18+/m0/s1. The minimum absolute atomic E-state index is 0.0625. The van der Waals surface area contributed by atoms with E-state index in [-0.39, 0.29) is 35.6 Å². The third-order valence-corrected chi connectivity index (χ3v) is 6.39. The number of hydrogen-bond acceptors (Lipinski definition) is 7. The molecule has 0 radical (unpaired) electrons. The molecule has 0 bridgehead atoms. The van der Waals surface area contributed by atoms with E-state index in [1.165, 1.54) is 21.9 Å². The summed E-state index contributed by atoms with van der Waals surface area (Å²) in [6.07, 6.45) is 0.0790.